The molecule has 1 saturated heterocycles. The van der Waals surface area contributed by atoms with Crippen LogP contribution in [0.1, 0.15) is 17.9 Å². The van der Waals surface area contributed by atoms with E-state index in [0.29, 0.717) is 19.5 Å². The molecule has 0 aromatic heterocycles. The molecule has 152 valence electrons. The van der Waals surface area contributed by atoms with Crippen LogP contribution < -0.4 is 10.6 Å². The number of rotatable bonds is 5. The second-order valence-corrected chi connectivity index (χ2v) is 6.68. The minimum atomic E-state index is -4.46. The van der Waals surface area contributed by atoms with Crippen LogP contribution in [0.25, 0.3) is 0 Å². The minimum Gasteiger partial charge on any atom is -0.354 e. The summed E-state index contributed by atoms with van der Waals surface area (Å²) in [6, 6.07) is 1.98. The third-order valence-corrected chi connectivity index (χ3v) is 4.95. The summed E-state index contributed by atoms with van der Waals surface area (Å²) in [7, 11) is 0. The fourth-order valence-electron chi connectivity index (χ4n) is 3.41. The zero-order valence-electron chi connectivity index (χ0n) is 14.4. The van der Waals surface area contributed by atoms with Gasteiger partial charge < -0.3 is 10.6 Å². The van der Waals surface area contributed by atoms with Crippen molar-refractivity contribution in [1.82, 2.24) is 15.5 Å². The third kappa shape index (κ3) is 5.08. The maximum atomic E-state index is 13.8. The van der Waals surface area contributed by atoms with Crippen LogP contribution >= 0.6 is 12.4 Å². The van der Waals surface area contributed by atoms with Gasteiger partial charge >= 0.3 is 6.18 Å². The van der Waals surface area contributed by atoms with E-state index >= 15 is 0 Å². The molecule has 0 spiro atoms. The summed E-state index contributed by atoms with van der Waals surface area (Å²) in [6.45, 7) is 0.881. The summed E-state index contributed by atoms with van der Waals surface area (Å²) < 4.78 is 67.0. The predicted molar refractivity (Wildman–Crippen MR) is 91.7 cm³/mol. The van der Waals surface area contributed by atoms with E-state index in [9.17, 15) is 26.7 Å². The zero-order chi connectivity index (χ0) is 18.9. The molecule has 1 aromatic carbocycles. The summed E-state index contributed by atoms with van der Waals surface area (Å²) in [4.78, 5) is 13.5. The van der Waals surface area contributed by atoms with Crippen LogP contribution in [-0.4, -0.2) is 55.7 Å². The molecule has 0 radical (unpaired) electrons. The molecule has 2 aliphatic rings. The lowest BCUT2D eigenvalue weighted by Crippen LogP contribution is -2.57. The standard InChI is InChI=1S/C17H20F5N3O.ClH/c18-13-3-1-2-10(15(13)19)11-8-12(11)16(26)24-9-14(17(20,21)22)25-6-4-23-5-7-25;/h1-3,11-12,14,23H,4-9H2,(H,24,26);1H. The van der Waals surface area contributed by atoms with E-state index in [4.69, 9.17) is 0 Å². The van der Waals surface area contributed by atoms with Gasteiger partial charge in [0.1, 0.15) is 6.04 Å². The second kappa shape index (κ2) is 8.70. The Bertz CT molecular complexity index is 666. The Morgan fingerprint density at radius 1 is 1.26 bits per heavy atom. The largest absolute Gasteiger partial charge is 0.405 e. The third-order valence-electron chi connectivity index (χ3n) is 4.95. The minimum absolute atomic E-state index is 0. The molecule has 2 N–H and O–H groups in total. The maximum absolute atomic E-state index is 13.8. The highest BCUT2D eigenvalue weighted by Crippen LogP contribution is 2.48. The molecule has 1 aliphatic heterocycles. The summed E-state index contributed by atoms with van der Waals surface area (Å²) in [5.41, 5.74) is 0.0969. The molecule has 1 aromatic rings. The lowest BCUT2D eigenvalue weighted by Gasteiger charge is -2.35. The number of carbonyl (C=O) groups is 1. The number of halogens is 6. The van der Waals surface area contributed by atoms with Crippen molar-refractivity contribution in [2.24, 2.45) is 5.92 Å². The molecule has 10 heteroatoms. The van der Waals surface area contributed by atoms with Crippen molar-refractivity contribution in [2.45, 2.75) is 24.6 Å². The Kier molecular flexibility index (Phi) is 7.04. The Balaban J connectivity index is 0.00000261. The number of amides is 1. The summed E-state index contributed by atoms with van der Waals surface area (Å²) >= 11 is 0. The number of piperazine rings is 1. The molecule has 4 nitrogen and oxygen atoms in total. The molecule has 1 aliphatic carbocycles. The number of alkyl halides is 3. The zero-order valence-corrected chi connectivity index (χ0v) is 15.2. The topological polar surface area (TPSA) is 44.4 Å². The Hall–Kier alpha value is -1.45. The molecule has 3 unspecified atom stereocenters. The molecule has 27 heavy (non-hydrogen) atoms. The number of hydrogen-bond acceptors (Lipinski definition) is 3. The fourth-order valence-corrected chi connectivity index (χ4v) is 3.41. The van der Waals surface area contributed by atoms with Gasteiger partial charge in [-0.2, -0.15) is 13.2 Å². The van der Waals surface area contributed by atoms with Crippen molar-refractivity contribution in [3.8, 4) is 0 Å². The summed E-state index contributed by atoms with van der Waals surface area (Å²) in [5, 5.41) is 5.33. The second-order valence-electron chi connectivity index (χ2n) is 6.68. The first-order valence-corrected chi connectivity index (χ1v) is 8.52. The molecule has 1 saturated carbocycles. The van der Waals surface area contributed by atoms with Crippen LogP contribution in [0.3, 0.4) is 0 Å². The van der Waals surface area contributed by atoms with E-state index in [0.717, 1.165) is 6.07 Å². The van der Waals surface area contributed by atoms with Crippen LogP contribution in [0.2, 0.25) is 0 Å². The maximum Gasteiger partial charge on any atom is 0.405 e. The van der Waals surface area contributed by atoms with Crippen molar-refractivity contribution in [3.63, 3.8) is 0 Å². The van der Waals surface area contributed by atoms with E-state index in [2.05, 4.69) is 10.6 Å². The van der Waals surface area contributed by atoms with Gasteiger partial charge in [-0.15, -0.1) is 12.4 Å². The van der Waals surface area contributed by atoms with Gasteiger partial charge in [-0.05, 0) is 24.0 Å². The quantitative estimate of drug-likeness (QED) is 0.729. The smallest absolute Gasteiger partial charge is 0.354 e. The van der Waals surface area contributed by atoms with Crippen molar-refractivity contribution in [3.05, 3.63) is 35.4 Å². The molecule has 3 atom stereocenters. The SMILES string of the molecule is Cl.O=C(NCC(N1CCNCC1)C(F)(F)F)C1CC1c1cccc(F)c1F. The molecule has 2 fully saturated rings. The van der Waals surface area contributed by atoms with Crippen LogP contribution in [-0.2, 0) is 4.79 Å². The average molecular weight is 414 g/mol. The Labute approximate surface area is 159 Å². The normalized spacial score (nSPS) is 24.0. The Morgan fingerprint density at radius 3 is 2.56 bits per heavy atom. The van der Waals surface area contributed by atoms with Gasteiger partial charge in [0.15, 0.2) is 11.6 Å². The van der Waals surface area contributed by atoms with Crippen molar-refractivity contribution < 1.29 is 26.7 Å². The summed E-state index contributed by atoms with van der Waals surface area (Å²) in [5.74, 6) is -3.66. The average Bonchev–Trinajstić information content (AvgIpc) is 3.38. The first-order valence-electron chi connectivity index (χ1n) is 8.52. The van der Waals surface area contributed by atoms with Gasteiger partial charge in [-0.3, -0.25) is 9.69 Å². The molecule has 1 heterocycles. The molecule has 0 bridgehead atoms. The van der Waals surface area contributed by atoms with E-state index in [1.807, 2.05) is 0 Å². The van der Waals surface area contributed by atoms with Crippen molar-refractivity contribution in [2.75, 3.05) is 32.7 Å². The van der Waals surface area contributed by atoms with Crippen LogP contribution in [0.4, 0.5) is 22.0 Å². The molecular formula is C17H21ClF5N3O. The van der Waals surface area contributed by atoms with Crippen LogP contribution in [0.5, 0.6) is 0 Å². The van der Waals surface area contributed by atoms with Crippen molar-refractivity contribution >= 4 is 18.3 Å². The summed E-state index contributed by atoms with van der Waals surface area (Å²) in [6.07, 6.45) is -4.15. The van der Waals surface area contributed by atoms with Crippen LogP contribution in [0.15, 0.2) is 18.2 Å². The fraction of sp³-hybridized carbons (Fsp3) is 0.588. The Morgan fingerprint density at radius 2 is 1.93 bits per heavy atom. The van der Waals surface area contributed by atoms with E-state index in [1.165, 1.54) is 17.0 Å². The van der Waals surface area contributed by atoms with Crippen LogP contribution in [0, 0.1) is 17.6 Å². The highest BCUT2D eigenvalue weighted by atomic mass is 35.5. The van der Waals surface area contributed by atoms with E-state index < -0.39 is 48.1 Å². The highest BCUT2D eigenvalue weighted by molar-refractivity contribution is 5.85. The lowest BCUT2D eigenvalue weighted by molar-refractivity contribution is -0.184. The lowest BCUT2D eigenvalue weighted by atomic mass is 10.1. The highest BCUT2D eigenvalue weighted by Gasteiger charge is 2.47. The monoisotopic (exact) mass is 413 g/mol. The number of carbonyl (C=O) groups excluding carboxylic acids is 1. The van der Waals surface area contributed by atoms with Gasteiger partial charge in [0.25, 0.3) is 0 Å². The van der Waals surface area contributed by atoms with E-state index in [-0.39, 0.29) is 31.1 Å². The number of nitrogens with zero attached hydrogens (tertiary/aromatic N) is 1. The van der Waals surface area contributed by atoms with Gasteiger partial charge in [0.05, 0.1) is 0 Å². The van der Waals surface area contributed by atoms with E-state index in [1.54, 1.807) is 0 Å². The molecule has 3 rings (SSSR count). The van der Waals surface area contributed by atoms with Gasteiger partial charge in [-0.25, -0.2) is 8.78 Å². The van der Waals surface area contributed by atoms with Gasteiger partial charge in [-0.1, -0.05) is 12.1 Å². The number of nitrogens with one attached hydrogen (secondary N) is 2. The molecule has 1 amide bonds. The molecular weight excluding hydrogens is 393 g/mol. The van der Waals surface area contributed by atoms with Gasteiger partial charge in [0, 0.05) is 38.6 Å². The first kappa shape index (κ1) is 21.8. The van der Waals surface area contributed by atoms with Crippen molar-refractivity contribution in [1.29, 1.82) is 0 Å². The van der Waals surface area contributed by atoms with Gasteiger partial charge in [0.2, 0.25) is 5.91 Å². The predicted octanol–water partition coefficient (Wildman–Crippen LogP) is 2.44. The number of hydrogen-bond donors (Lipinski definition) is 2. The first-order chi connectivity index (χ1) is 12.3. The number of benzene rings is 1.